The van der Waals surface area contributed by atoms with Crippen LogP contribution in [0.3, 0.4) is 0 Å². The highest BCUT2D eigenvalue weighted by Crippen LogP contribution is 2.24. The molecule has 0 bridgehead atoms. The van der Waals surface area contributed by atoms with E-state index in [2.05, 4.69) is 20.2 Å². The number of rotatable bonds is 4. The minimum atomic E-state index is -0.0774. The van der Waals surface area contributed by atoms with Gasteiger partial charge in [-0.3, -0.25) is 9.67 Å². The highest BCUT2D eigenvalue weighted by molar-refractivity contribution is 6.31. The van der Waals surface area contributed by atoms with Gasteiger partial charge in [0.15, 0.2) is 0 Å². The number of aliphatic hydroxyl groups is 1. The fourth-order valence-corrected chi connectivity index (χ4v) is 3.48. The van der Waals surface area contributed by atoms with Crippen LogP contribution in [0.5, 0.6) is 0 Å². The molecule has 0 spiro atoms. The van der Waals surface area contributed by atoms with Gasteiger partial charge >= 0.3 is 0 Å². The van der Waals surface area contributed by atoms with Gasteiger partial charge in [-0.25, -0.2) is 4.98 Å². The van der Waals surface area contributed by atoms with Crippen molar-refractivity contribution in [1.29, 1.82) is 0 Å². The van der Waals surface area contributed by atoms with E-state index in [0.29, 0.717) is 16.6 Å². The second-order valence-corrected chi connectivity index (χ2v) is 6.84. The standard InChI is InChI=1S/C17H19ClN6O/c18-13-3-4-15-16(6-13)20-17(7-19-15)23-5-1-2-12(8-23)9-24-10-14(11-25)21-22-24/h3-4,6-7,10,12,25H,1-2,5,8-9,11H2/t12-/m1/s1. The topological polar surface area (TPSA) is 80.0 Å². The predicted octanol–water partition coefficient (Wildman–Crippen LogP) is 2.28. The molecule has 130 valence electrons. The average Bonchev–Trinajstić information content (AvgIpc) is 3.09. The van der Waals surface area contributed by atoms with Crippen LogP contribution in [0.15, 0.2) is 30.6 Å². The minimum absolute atomic E-state index is 0.0774. The molecule has 3 aromatic rings. The average molecular weight is 359 g/mol. The Hall–Kier alpha value is -2.25. The lowest BCUT2D eigenvalue weighted by Gasteiger charge is -2.33. The molecule has 0 radical (unpaired) electrons. The van der Waals surface area contributed by atoms with Gasteiger partial charge in [0, 0.05) is 24.7 Å². The Labute approximate surface area is 150 Å². The first-order valence-electron chi connectivity index (χ1n) is 8.38. The van der Waals surface area contributed by atoms with Gasteiger partial charge in [-0.2, -0.15) is 0 Å². The largest absolute Gasteiger partial charge is 0.390 e. The summed E-state index contributed by atoms with van der Waals surface area (Å²) < 4.78 is 1.81. The summed E-state index contributed by atoms with van der Waals surface area (Å²) in [4.78, 5) is 11.5. The van der Waals surface area contributed by atoms with Gasteiger partial charge in [0.2, 0.25) is 0 Å². The van der Waals surface area contributed by atoms with Crippen LogP contribution in [0.4, 0.5) is 5.82 Å². The van der Waals surface area contributed by atoms with Crippen LogP contribution >= 0.6 is 11.6 Å². The molecule has 1 aliphatic heterocycles. The van der Waals surface area contributed by atoms with E-state index in [-0.39, 0.29) is 6.61 Å². The molecule has 3 heterocycles. The summed E-state index contributed by atoms with van der Waals surface area (Å²) in [5, 5.41) is 17.8. The smallest absolute Gasteiger partial charge is 0.147 e. The highest BCUT2D eigenvalue weighted by atomic mass is 35.5. The zero-order chi connectivity index (χ0) is 17.2. The maximum Gasteiger partial charge on any atom is 0.147 e. The van der Waals surface area contributed by atoms with E-state index < -0.39 is 0 Å². The number of halogens is 1. The van der Waals surface area contributed by atoms with Gasteiger partial charge in [0.05, 0.1) is 30.0 Å². The third-order valence-corrected chi connectivity index (χ3v) is 4.76. The van der Waals surface area contributed by atoms with E-state index in [1.165, 1.54) is 0 Å². The Morgan fingerprint density at radius 1 is 1.28 bits per heavy atom. The molecule has 25 heavy (non-hydrogen) atoms. The SMILES string of the molecule is OCc1cn(C[C@@H]2CCCN(c3cnc4ccc(Cl)cc4n3)C2)nn1. The number of aromatic nitrogens is 5. The summed E-state index contributed by atoms with van der Waals surface area (Å²) >= 11 is 6.07. The predicted molar refractivity (Wildman–Crippen MR) is 95.4 cm³/mol. The summed E-state index contributed by atoms with van der Waals surface area (Å²) in [6.07, 6.45) is 5.87. The number of piperidine rings is 1. The third-order valence-electron chi connectivity index (χ3n) is 4.53. The Balaban J connectivity index is 1.50. The molecule has 1 N–H and O–H groups in total. The van der Waals surface area contributed by atoms with E-state index in [4.69, 9.17) is 21.7 Å². The minimum Gasteiger partial charge on any atom is -0.390 e. The van der Waals surface area contributed by atoms with Crippen LogP contribution in [0.25, 0.3) is 11.0 Å². The summed E-state index contributed by atoms with van der Waals surface area (Å²) in [5.74, 6) is 1.34. The molecule has 1 fully saturated rings. The maximum absolute atomic E-state index is 9.10. The van der Waals surface area contributed by atoms with Crippen LogP contribution in [0, 0.1) is 5.92 Å². The van der Waals surface area contributed by atoms with Crippen molar-refractivity contribution in [2.75, 3.05) is 18.0 Å². The molecular weight excluding hydrogens is 340 g/mol. The lowest BCUT2D eigenvalue weighted by atomic mass is 9.98. The first-order valence-corrected chi connectivity index (χ1v) is 8.76. The van der Waals surface area contributed by atoms with Crippen molar-refractivity contribution in [2.24, 2.45) is 5.92 Å². The van der Waals surface area contributed by atoms with Gasteiger partial charge in [0.25, 0.3) is 0 Å². The molecule has 1 atom stereocenters. The Morgan fingerprint density at radius 2 is 2.20 bits per heavy atom. The van der Waals surface area contributed by atoms with Crippen LogP contribution < -0.4 is 4.90 Å². The molecule has 0 aliphatic carbocycles. The molecule has 7 nitrogen and oxygen atoms in total. The van der Waals surface area contributed by atoms with Gasteiger partial charge < -0.3 is 10.0 Å². The highest BCUT2D eigenvalue weighted by Gasteiger charge is 2.22. The lowest BCUT2D eigenvalue weighted by Crippen LogP contribution is -2.37. The van der Waals surface area contributed by atoms with Crippen LogP contribution in [-0.4, -0.2) is 43.2 Å². The van der Waals surface area contributed by atoms with E-state index in [0.717, 1.165) is 49.3 Å². The van der Waals surface area contributed by atoms with Gasteiger partial charge in [0.1, 0.15) is 11.5 Å². The summed E-state index contributed by atoms with van der Waals surface area (Å²) in [6.45, 7) is 2.58. The summed E-state index contributed by atoms with van der Waals surface area (Å²) in [5.41, 5.74) is 2.27. The molecule has 1 aromatic carbocycles. The number of anilines is 1. The van der Waals surface area contributed by atoms with Crippen molar-refractivity contribution >= 4 is 28.5 Å². The third kappa shape index (κ3) is 3.57. The Kier molecular flexibility index (Phi) is 4.50. The van der Waals surface area contributed by atoms with Crippen molar-refractivity contribution in [3.8, 4) is 0 Å². The fourth-order valence-electron chi connectivity index (χ4n) is 3.31. The van der Waals surface area contributed by atoms with E-state index >= 15 is 0 Å². The number of hydrogen-bond donors (Lipinski definition) is 1. The van der Waals surface area contributed by atoms with Gasteiger partial charge in [-0.15, -0.1) is 5.10 Å². The molecule has 0 unspecified atom stereocenters. The number of hydrogen-bond acceptors (Lipinski definition) is 6. The zero-order valence-corrected chi connectivity index (χ0v) is 14.5. The molecule has 1 saturated heterocycles. The fraction of sp³-hybridized carbons (Fsp3) is 0.412. The van der Waals surface area contributed by atoms with Crippen molar-refractivity contribution in [3.05, 3.63) is 41.3 Å². The van der Waals surface area contributed by atoms with Crippen molar-refractivity contribution < 1.29 is 5.11 Å². The molecule has 4 rings (SSSR count). The van der Waals surface area contributed by atoms with Crippen LogP contribution in [-0.2, 0) is 13.2 Å². The normalized spacial score (nSPS) is 18.0. The first-order chi connectivity index (χ1) is 12.2. The number of nitrogens with zero attached hydrogens (tertiary/aromatic N) is 6. The van der Waals surface area contributed by atoms with Crippen molar-refractivity contribution in [1.82, 2.24) is 25.0 Å². The van der Waals surface area contributed by atoms with E-state index in [9.17, 15) is 0 Å². The van der Waals surface area contributed by atoms with Gasteiger partial charge in [-0.05, 0) is 37.0 Å². The van der Waals surface area contributed by atoms with Crippen molar-refractivity contribution in [2.45, 2.75) is 26.0 Å². The molecule has 1 aliphatic rings. The van der Waals surface area contributed by atoms with Crippen LogP contribution in [0.2, 0.25) is 5.02 Å². The first kappa shape index (κ1) is 16.2. The Morgan fingerprint density at radius 3 is 3.04 bits per heavy atom. The zero-order valence-electron chi connectivity index (χ0n) is 13.7. The van der Waals surface area contributed by atoms with E-state index in [1.54, 1.807) is 6.20 Å². The maximum atomic E-state index is 9.10. The lowest BCUT2D eigenvalue weighted by molar-refractivity contribution is 0.276. The Bertz CT molecular complexity index is 882. The quantitative estimate of drug-likeness (QED) is 0.770. The summed E-state index contributed by atoms with van der Waals surface area (Å²) in [6, 6.07) is 5.56. The molecule has 0 saturated carbocycles. The summed E-state index contributed by atoms with van der Waals surface area (Å²) in [7, 11) is 0. The monoisotopic (exact) mass is 358 g/mol. The molecule has 2 aromatic heterocycles. The molecule has 8 heteroatoms. The van der Waals surface area contributed by atoms with Crippen LogP contribution in [0.1, 0.15) is 18.5 Å². The second-order valence-electron chi connectivity index (χ2n) is 6.41. The van der Waals surface area contributed by atoms with E-state index in [1.807, 2.05) is 29.1 Å². The number of benzene rings is 1. The second kappa shape index (κ2) is 6.93. The molecule has 0 amide bonds. The molecular formula is C17H19ClN6O. The number of aliphatic hydroxyl groups excluding tert-OH is 1. The van der Waals surface area contributed by atoms with Crippen molar-refractivity contribution in [3.63, 3.8) is 0 Å². The number of fused-ring (bicyclic) bond motifs is 1. The van der Waals surface area contributed by atoms with Gasteiger partial charge in [-0.1, -0.05) is 16.8 Å².